The maximum absolute atomic E-state index is 11.7. The zero-order chi connectivity index (χ0) is 8.18. The Bertz CT molecular complexity index is 267. The largest absolute Gasteiger partial charge is 0.299 e. The smallest absolute Gasteiger partial charge is 0.143 e. The molecule has 0 aliphatic heterocycles. The number of rotatable bonds is 1. The topological polar surface area (TPSA) is 17.1 Å². The van der Waals surface area contributed by atoms with Crippen molar-refractivity contribution in [2.24, 2.45) is 11.3 Å². The van der Waals surface area contributed by atoms with Gasteiger partial charge in [-0.3, -0.25) is 4.79 Å². The third-order valence-electron chi connectivity index (χ3n) is 3.59. The van der Waals surface area contributed by atoms with Crippen LogP contribution in [-0.2, 0) is 4.79 Å². The molecule has 2 fully saturated rings. The highest BCUT2D eigenvalue weighted by Gasteiger charge is 2.55. The van der Waals surface area contributed by atoms with E-state index in [9.17, 15) is 4.79 Å². The van der Waals surface area contributed by atoms with E-state index in [4.69, 9.17) is 0 Å². The molecule has 0 aromatic carbocycles. The Morgan fingerprint density at radius 3 is 2.67 bits per heavy atom. The first-order valence-corrected chi connectivity index (χ1v) is 5.07. The highest BCUT2D eigenvalue weighted by molar-refractivity contribution is 5.92. The second-order valence-corrected chi connectivity index (χ2v) is 4.48. The van der Waals surface area contributed by atoms with Crippen molar-refractivity contribution in [3.63, 3.8) is 0 Å². The average molecular weight is 162 g/mol. The minimum absolute atomic E-state index is 0.111. The van der Waals surface area contributed by atoms with Gasteiger partial charge in [0.15, 0.2) is 0 Å². The fourth-order valence-corrected chi connectivity index (χ4v) is 2.60. The van der Waals surface area contributed by atoms with Crippen LogP contribution in [0.2, 0.25) is 0 Å². The summed E-state index contributed by atoms with van der Waals surface area (Å²) in [7, 11) is 0. The quantitative estimate of drug-likeness (QED) is 0.541. The van der Waals surface area contributed by atoms with Crippen molar-refractivity contribution in [3.05, 3.63) is 11.6 Å². The predicted octanol–water partition coefficient (Wildman–Crippen LogP) is 2.47. The number of carbonyl (C=O) groups excluding carboxylic acids is 1. The molecule has 0 aromatic heterocycles. The van der Waals surface area contributed by atoms with Gasteiger partial charge in [0.2, 0.25) is 0 Å². The van der Waals surface area contributed by atoms with E-state index in [2.05, 4.69) is 6.08 Å². The molecule has 12 heavy (non-hydrogen) atoms. The van der Waals surface area contributed by atoms with E-state index in [1.165, 1.54) is 12.8 Å². The normalized spacial score (nSPS) is 32.0. The third kappa shape index (κ3) is 0.769. The summed E-state index contributed by atoms with van der Waals surface area (Å²) in [5.74, 6) is 1.36. The van der Waals surface area contributed by atoms with Gasteiger partial charge in [-0.05, 0) is 38.0 Å². The van der Waals surface area contributed by atoms with Crippen molar-refractivity contribution in [3.8, 4) is 0 Å². The first-order valence-electron chi connectivity index (χ1n) is 5.07. The molecule has 0 bridgehead atoms. The monoisotopic (exact) mass is 162 g/mol. The molecule has 3 aliphatic carbocycles. The number of allylic oxidation sites excluding steroid dienone is 2. The summed E-state index contributed by atoms with van der Waals surface area (Å²) < 4.78 is 0. The molecule has 0 saturated heterocycles. The molecule has 0 unspecified atom stereocenters. The molecule has 0 heterocycles. The number of ketones is 1. The van der Waals surface area contributed by atoms with Gasteiger partial charge < -0.3 is 0 Å². The lowest BCUT2D eigenvalue weighted by molar-refractivity contribution is -0.123. The van der Waals surface area contributed by atoms with Gasteiger partial charge in [-0.1, -0.05) is 11.6 Å². The van der Waals surface area contributed by atoms with E-state index < -0.39 is 0 Å². The molecular formula is C11H14O. The minimum atomic E-state index is 0.111. The van der Waals surface area contributed by atoms with Crippen LogP contribution in [0, 0.1) is 11.3 Å². The van der Waals surface area contributed by atoms with Gasteiger partial charge in [-0.2, -0.15) is 0 Å². The summed E-state index contributed by atoms with van der Waals surface area (Å²) >= 11 is 0. The first kappa shape index (κ1) is 6.88. The molecule has 0 radical (unpaired) electrons. The van der Waals surface area contributed by atoms with Crippen LogP contribution in [0.25, 0.3) is 0 Å². The summed E-state index contributed by atoms with van der Waals surface area (Å²) in [4.78, 5) is 11.7. The highest BCUT2D eigenvalue weighted by Crippen LogP contribution is 2.61. The van der Waals surface area contributed by atoms with E-state index in [-0.39, 0.29) is 5.41 Å². The molecule has 1 nitrogen and oxygen atoms in total. The molecule has 1 spiro atoms. The first-order chi connectivity index (χ1) is 5.83. The van der Waals surface area contributed by atoms with Gasteiger partial charge in [0.1, 0.15) is 5.78 Å². The van der Waals surface area contributed by atoms with E-state index in [1.807, 2.05) is 0 Å². The maximum atomic E-state index is 11.7. The Morgan fingerprint density at radius 1 is 1.33 bits per heavy atom. The van der Waals surface area contributed by atoms with Gasteiger partial charge in [0.25, 0.3) is 0 Å². The Balaban J connectivity index is 1.97. The summed E-state index contributed by atoms with van der Waals surface area (Å²) in [6.45, 7) is 0. The SMILES string of the molecule is O=C1CCC=C(C2CC2)C12CC2. The standard InChI is InChI=1S/C11H14O/c12-10-3-1-2-9(8-4-5-8)11(10)6-7-11/h2,8H,1,3-7H2. The number of carbonyl (C=O) groups is 1. The second-order valence-electron chi connectivity index (χ2n) is 4.48. The number of Topliss-reactive ketones (excluding diaryl/α,β-unsaturated/α-hetero) is 1. The van der Waals surface area contributed by atoms with Crippen molar-refractivity contribution < 1.29 is 4.79 Å². The van der Waals surface area contributed by atoms with Crippen molar-refractivity contribution in [1.82, 2.24) is 0 Å². The lowest BCUT2D eigenvalue weighted by atomic mass is 9.81. The van der Waals surface area contributed by atoms with Gasteiger partial charge in [0.05, 0.1) is 5.41 Å². The minimum Gasteiger partial charge on any atom is -0.299 e. The summed E-state index contributed by atoms with van der Waals surface area (Å²) in [6.07, 6.45) is 9.22. The summed E-state index contributed by atoms with van der Waals surface area (Å²) in [5, 5.41) is 0. The van der Waals surface area contributed by atoms with E-state index >= 15 is 0 Å². The Kier molecular flexibility index (Phi) is 1.15. The van der Waals surface area contributed by atoms with Gasteiger partial charge in [-0.25, -0.2) is 0 Å². The molecule has 3 rings (SSSR count). The molecule has 0 atom stereocenters. The van der Waals surface area contributed by atoms with Crippen molar-refractivity contribution in [2.75, 3.05) is 0 Å². The van der Waals surface area contributed by atoms with Crippen molar-refractivity contribution in [1.29, 1.82) is 0 Å². The molecule has 3 aliphatic rings. The lowest BCUT2D eigenvalue weighted by Crippen LogP contribution is -2.22. The van der Waals surface area contributed by atoms with Crippen molar-refractivity contribution >= 4 is 5.78 Å². The average Bonchev–Trinajstić information content (AvgIpc) is 2.91. The fraction of sp³-hybridized carbons (Fsp3) is 0.727. The van der Waals surface area contributed by atoms with E-state index in [0.29, 0.717) is 5.78 Å². The molecule has 64 valence electrons. The van der Waals surface area contributed by atoms with Gasteiger partial charge in [0, 0.05) is 6.42 Å². The summed E-state index contributed by atoms with van der Waals surface area (Å²) in [5.41, 5.74) is 1.65. The summed E-state index contributed by atoms with van der Waals surface area (Å²) in [6, 6.07) is 0. The van der Waals surface area contributed by atoms with Crippen LogP contribution in [0.15, 0.2) is 11.6 Å². The van der Waals surface area contributed by atoms with Gasteiger partial charge >= 0.3 is 0 Å². The molecule has 0 amide bonds. The van der Waals surface area contributed by atoms with E-state index in [1.54, 1.807) is 5.57 Å². The number of hydrogen-bond donors (Lipinski definition) is 0. The van der Waals surface area contributed by atoms with E-state index in [0.717, 1.165) is 31.6 Å². The molecule has 1 heteroatoms. The molecule has 0 N–H and O–H groups in total. The van der Waals surface area contributed by atoms with Crippen LogP contribution >= 0.6 is 0 Å². The second kappa shape index (κ2) is 2.01. The zero-order valence-corrected chi connectivity index (χ0v) is 7.31. The maximum Gasteiger partial charge on any atom is 0.143 e. The highest BCUT2D eigenvalue weighted by atomic mass is 16.1. The predicted molar refractivity (Wildman–Crippen MR) is 46.7 cm³/mol. The van der Waals surface area contributed by atoms with Crippen LogP contribution in [0.4, 0.5) is 0 Å². The van der Waals surface area contributed by atoms with Crippen molar-refractivity contribution in [2.45, 2.75) is 38.5 Å². The van der Waals surface area contributed by atoms with Crippen LogP contribution in [0.5, 0.6) is 0 Å². The molecular weight excluding hydrogens is 148 g/mol. The molecule has 2 saturated carbocycles. The van der Waals surface area contributed by atoms with Crippen LogP contribution < -0.4 is 0 Å². The van der Waals surface area contributed by atoms with Crippen LogP contribution in [0.1, 0.15) is 38.5 Å². The molecule has 0 aromatic rings. The Hall–Kier alpha value is -0.590. The Labute approximate surface area is 72.8 Å². The van der Waals surface area contributed by atoms with Gasteiger partial charge in [-0.15, -0.1) is 0 Å². The number of hydrogen-bond acceptors (Lipinski definition) is 1. The Morgan fingerprint density at radius 2 is 2.08 bits per heavy atom. The third-order valence-corrected chi connectivity index (χ3v) is 3.59. The lowest BCUT2D eigenvalue weighted by Gasteiger charge is -2.22. The van der Waals surface area contributed by atoms with Crippen LogP contribution in [0.3, 0.4) is 0 Å². The van der Waals surface area contributed by atoms with Crippen LogP contribution in [-0.4, -0.2) is 5.78 Å². The zero-order valence-electron chi connectivity index (χ0n) is 7.31. The fourth-order valence-electron chi connectivity index (χ4n) is 2.60.